The fourth-order valence-electron chi connectivity index (χ4n) is 1.51. The maximum Gasteiger partial charge on any atom is 0.0356 e. The number of nitrogens with one attached hydrogen (secondary N) is 1. The van der Waals surface area contributed by atoms with Crippen molar-refractivity contribution >= 4 is 0 Å². The first kappa shape index (κ1) is 4.77. The number of fused-ring (bicyclic) bond motifs is 3. The van der Waals surface area contributed by atoms with Gasteiger partial charge in [-0.2, -0.15) is 0 Å². The predicted molar refractivity (Wildman–Crippen MR) is 32.3 cm³/mol. The van der Waals surface area contributed by atoms with E-state index in [2.05, 4.69) is 10.4 Å². The third kappa shape index (κ3) is 0.644. The molecule has 0 radical (unpaired) electrons. The number of hydrogen-bond acceptors (Lipinski definition) is 2. The summed E-state index contributed by atoms with van der Waals surface area (Å²) in [5.74, 6) is 0. The molecule has 0 aromatic rings. The maximum absolute atomic E-state index is 3.38. The van der Waals surface area contributed by atoms with Gasteiger partial charge in [0.2, 0.25) is 0 Å². The quantitative estimate of drug-likeness (QED) is 0.486. The normalized spacial score (nSPS) is 45.0. The van der Waals surface area contributed by atoms with Crippen molar-refractivity contribution in [1.82, 2.24) is 10.4 Å². The zero-order valence-electron chi connectivity index (χ0n) is 5.06. The van der Waals surface area contributed by atoms with Crippen LogP contribution in [0.3, 0.4) is 0 Å². The fourth-order valence-corrected chi connectivity index (χ4v) is 1.51. The molecule has 2 heteroatoms. The molecule has 0 saturated carbocycles. The van der Waals surface area contributed by atoms with Crippen LogP contribution in [-0.2, 0) is 0 Å². The van der Waals surface area contributed by atoms with Gasteiger partial charge in [-0.15, -0.1) is 0 Å². The molecule has 8 heavy (non-hydrogen) atoms. The lowest BCUT2D eigenvalue weighted by Gasteiger charge is -2.37. The molecule has 2 unspecified atom stereocenters. The molecular formula is C6H12N2. The van der Waals surface area contributed by atoms with E-state index in [0.29, 0.717) is 0 Å². The highest BCUT2D eigenvalue weighted by Gasteiger charge is 2.27. The molecular weight excluding hydrogens is 100 g/mol. The predicted octanol–water partition coefficient (Wildman–Crippen LogP) is 0.359. The Morgan fingerprint density at radius 3 is 3.12 bits per heavy atom. The number of nitrogens with zero attached hydrogens (tertiary/aromatic N) is 1. The van der Waals surface area contributed by atoms with Crippen LogP contribution in [0.15, 0.2) is 0 Å². The highest BCUT2D eigenvalue weighted by molar-refractivity contribution is 4.81. The monoisotopic (exact) mass is 112 g/mol. The summed E-state index contributed by atoms with van der Waals surface area (Å²) in [6.07, 6.45) is 4.22. The largest absolute Gasteiger partial charge is 0.251 e. The lowest BCUT2D eigenvalue weighted by molar-refractivity contribution is 0.0574. The first-order valence-electron chi connectivity index (χ1n) is 3.46. The average molecular weight is 112 g/mol. The Morgan fingerprint density at radius 1 is 1.38 bits per heavy atom. The van der Waals surface area contributed by atoms with Crippen LogP contribution in [0.1, 0.15) is 19.3 Å². The minimum Gasteiger partial charge on any atom is -0.251 e. The second-order valence-corrected chi connectivity index (χ2v) is 2.77. The molecule has 2 atom stereocenters. The second kappa shape index (κ2) is 1.71. The van der Waals surface area contributed by atoms with Gasteiger partial charge in [-0.1, -0.05) is 6.42 Å². The first-order valence-corrected chi connectivity index (χ1v) is 3.46. The third-order valence-electron chi connectivity index (χ3n) is 2.04. The Kier molecular flexibility index (Phi) is 1.02. The molecule has 3 saturated heterocycles. The summed E-state index contributed by atoms with van der Waals surface area (Å²) < 4.78 is 0. The van der Waals surface area contributed by atoms with Crippen LogP contribution in [-0.4, -0.2) is 24.1 Å². The van der Waals surface area contributed by atoms with Crippen molar-refractivity contribution in [3.63, 3.8) is 0 Å². The van der Waals surface area contributed by atoms with E-state index < -0.39 is 0 Å². The van der Waals surface area contributed by atoms with E-state index in [1.54, 1.807) is 0 Å². The number of hydrogen-bond donors (Lipinski definition) is 1. The summed E-state index contributed by atoms with van der Waals surface area (Å²) in [4.78, 5) is 0. The van der Waals surface area contributed by atoms with Crippen LogP contribution in [0, 0.1) is 0 Å². The van der Waals surface area contributed by atoms with E-state index >= 15 is 0 Å². The van der Waals surface area contributed by atoms with Crippen LogP contribution in [0.5, 0.6) is 0 Å². The van der Waals surface area contributed by atoms with Crippen LogP contribution in [0.25, 0.3) is 0 Å². The second-order valence-electron chi connectivity index (χ2n) is 2.77. The fraction of sp³-hybridized carbons (Fsp3) is 1.00. The van der Waals surface area contributed by atoms with Crippen LogP contribution in [0.4, 0.5) is 0 Å². The highest BCUT2D eigenvalue weighted by atomic mass is 15.6. The molecule has 2 bridgehead atoms. The molecule has 1 N–H and O–H groups in total. The third-order valence-corrected chi connectivity index (χ3v) is 2.04. The van der Waals surface area contributed by atoms with Gasteiger partial charge in [0.15, 0.2) is 0 Å². The van der Waals surface area contributed by atoms with Crippen molar-refractivity contribution in [2.45, 2.75) is 25.3 Å². The van der Waals surface area contributed by atoms with Gasteiger partial charge in [0, 0.05) is 19.1 Å². The van der Waals surface area contributed by atoms with Gasteiger partial charge in [0.25, 0.3) is 0 Å². The first-order chi connectivity index (χ1) is 3.95. The van der Waals surface area contributed by atoms with Crippen LogP contribution >= 0.6 is 0 Å². The summed E-state index contributed by atoms with van der Waals surface area (Å²) in [5, 5.41) is 2.32. The Hall–Kier alpha value is -0.0800. The molecule has 2 nitrogen and oxygen atoms in total. The van der Waals surface area contributed by atoms with Gasteiger partial charge < -0.3 is 0 Å². The smallest absolute Gasteiger partial charge is 0.0356 e. The molecule has 3 fully saturated rings. The average Bonchev–Trinajstić information content (AvgIpc) is 1.89. The Bertz CT molecular complexity index is 71.0. The van der Waals surface area contributed by atoms with Gasteiger partial charge in [-0.05, 0) is 12.8 Å². The minimum atomic E-state index is 0.845. The summed E-state index contributed by atoms with van der Waals surface area (Å²) in [5.41, 5.74) is 3.38. The lowest BCUT2D eigenvalue weighted by Crippen LogP contribution is -2.60. The van der Waals surface area contributed by atoms with Gasteiger partial charge in [-0.3, -0.25) is 5.43 Å². The minimum absolute atomic E-state index is 0.845. The standard InChI is InChI=1S/C6H12N2/c1-2-4-8-5-6(3-1)7-8/h6-7H,1-5H2. The maximum atomic E-state index is 3.38. The van der Waals surface area contributed by atoms with E-state index in [1.807, 2.05) is 0 Å². The van der Waals surface area contributed by atoms with Crippen molar-refractivity contribution in [3.05, 3.63) is 0 Å². The zero-order valence-corrected chi connectivity index (χ0v) is 5.06. The molecule has 0 aliphatic carbocycles. The van der Waals surface area contributed by atoms with Gasteiger partial charge >= 0.3 is 0 Å². The van der Waals surface area contributed by atoms with Crippen molar-refractivity contribution < 1.29 is 0 Å². The van der Waals surface area contributed by atoms with E-state index in [9.17, 15) is 0 Å². The molecule has 3 aliphatic rings. The van der Waals surface area contributed by atoms with Crippen molar-refractivity contribution in [2.24, 2.45) is 0 Å². The summed E-state index contributed by atoms with van der Waals surface area (Å²) in [7, 11) is 0. The summed E-state index contributed by atoms with van der Waals surface area (Å²) >= 11 is 0. The highest BCUT2D eigenvalue weighted by Crippen LogP contribution is 2.16. The van der Waals surface area contributed by atoms with Crippen LogP contribution in [0.2, 0.25) is 0 Å². The van der Waals surface area contributed by atoms with E-state index in [0.717, 1.165) is 6.04 Å². The molecule has 0 spiro atoms. The van der Waals surface area contributed by atoms with Gasteiger partial charge in [0.05, 0.1) is 0 Å². The van der Waals surface area contributed by atoms with Crippen molar-refractivity contribution in [1.29, 1.82) is 0 Å². The lowest BCUT2D eigenvalue weighted by atomic mass is 10.1. The van der Waals surface area contributed by atoms with Crippen LogP contribution < -0.4 is 5.43 Å². The molecule has 3 rings (SSSR count). The number of hydrazine groups is 1. The SMILES string of the molecule is C1CCN2CC(C1)N2. The summed E-state index contributed by atoms with van der Waals surface area (Å²) in [6.45, 7) is 2.58. The molecule has 46 valence electrons. The van der Waals surface area contributed by atoms with E-state index in [4.69, 9.17) is 0 Å². The summed E-state index contributed by atoms with van der Waals surface area (Å²) in [6, 6.07) is 0.845. The van der Waals surface area contributed by atoms with Crippen molar-refractivity contribution in [3.8, 4) is 0 Å². The van der Waals surface area contributed by atoms with Gasteiger partial charge in [-0.25, -0.2) is 5.01 Å². The van der Waals surface area contributed by atoms with E-state index in [1.165, 1.54) is 32.4 Å². The Balaban J connectivity index is 1.95. The number of rotatable bonds is 0. The Morgan fingerprint density at radius 2 is 2.25 bits per heavy atom. The Labute approximate surface area is 49.8 Å². The van der Waals surface area contributed by atoms with E-state index in [-0.39, 0.29) is 0 Å². The molecule has 0 amide bonds. The zero-order chi connectivity index (χ0) is 5.40. The molecule has 3 heterocycles. The molecule has 0 aromatic carbocycles. The molecule has 3 aliphatic heterocycles. The van der Waals surface area contributed by atoms with Gasteiger partial charge in [0.1, 0.15) is 0 Å². The topological polar surface area (TPSA) is 15.3 Å². The molecule has 0 aromatic heterocycles. The van der Waals surface area contributed by atoms with Crippen molar-refractivity contribution in [2.75, 3.05) is 13.1 Å².